The molecule has 0 aliphatic carbocycles. The first-order chi connectivity index (χ1) is 14.9. The number of carbonyl (C=O) groups is 1. The van der Waals surface area contributed by atoms with Gasteiger partial charge in [0.1, 0.15) is 5.75 Å². The van der Waals surface area contributed by atoms with Gasteiger partial charge in [-0.1, -0.05) is 60.7 Å². The first kappa shape index (κ1) is 19.5. The fourth-order valence-electron chi connectivity index (χ4n) is 4.12. The number of rotatable bonds is 3. The molecule has 1 heterocycles. The van der Waals surface area contributed by atoms with Gasteiger partial charge in [-0.25, -0.2) is 8.42 Å². The Kier molecular flexibility index (Phi) is 4.63. The standard InChI is InChI=1S/C26H20O4S/c1-17-14-22(12-13-23(17)20-11-10-18-6-2-3-7-19(18)15-20)31(28,29)25-16-21-8-4-5-9-24(21)30-26(25)27/h2-15,25H,16H2,1H3. The maximum Gasteiger partial charge on any atom is 0.330 e. The lowest BCUT2D eigenvalue weighted by molar-refractivity contribution is -0.134. The lowest BCUT2D eigenvalue weighted by Crippen LogP contribution is -2.39. The minimum Gasteiger partial charge on any atom is -0.425 e. The first-order valence-corrected chi connectivity index (χ1v) is 11.6. The molecule has 4 aromatic carbocycles. The van der Waals surface area contributed by atoms with E-state index in [0.717, 1.165) is 33.0 Å². The van der Waals surface area contributed by atoms with Crippen LogP contribution in [-0.4, -0.2) is 19.6 Å². The van der Waals surface area contributed by atoms with Crippen LogP contribution in [0.5, 0.6) is 5.75 Å². The average Bonchev–Trinajstić information content (AvgIpc) is 2.78. The van der Waals surface area contributed by atoms with Gasteiger partial charge in [0.2, 0.25) is 0 Å². The zero-order chi connectivity index (χ0) is 21.6. The zero-order valence-corrected chi connectivity index (χ0v) is 17.7. The third-order valence-electron chi connectivity index (χ3n) is 5.81. The molecule has 0 bridgehead atoms. The fraction of sp³-hybridized carbons (Fsp3) is 0.115. The van der Waals surface area contributed by atoms with E-state index in [9.17, 15) is 13.2 Å². The van der Waals surface area contributed by atoms with Crippen LogP contribution in [-0.2, 0) is 21.1 Å². The lowest BCUT2D eigenvalue weighted by Gasteiger charge is -2.23. The Labute approximate surface area is 181 Å². The molecule has 1 aliphatic heterocycles. The number of fused-ring (bicyclic) bond motifs is 2. The van der Waals surface area contributed by atoms with Crippen LogP contribution in [0.1, 0.15) is 11.1 Å². The monoisotopic (exact) mass is 428 g/mol. The molecule has 0 spiro atoms. The van der Waals surface area contributed by atoms with E-state index >= 15 is 0 Å². The van der Waals surface area contributed by atoms with Crippen molar-refractivity contribution in [2.24, 2.45) is 0 Å². The van der Waals surface area contributed by atoms with Gasteiger partial charge in [-0.2, -0.15) is 0 Å². The van der Waals surface area contributed by atoms with E-state index in [1.807, 2.05) is 37.3 Å². The van der Waals surface area contributed by atoms with Crippen LogP contribution in [0.2, 0.25) is 0 Å². The van der Waals surface area contributed by atoms with Crippen LogP contribution in [0.3, 0.4) is 0 Å². The van der Waals surface area contributed by atoms with Crippen LogP contribution in [0.25, 0.3) is 21.9 Å². The molecule has 0 saturated carbocycles. The summed E-state index contributed by atoms with van der Waals surface area (Å²) in [5.74, 6) is -0.295. The van der Waals surface area contributed by atoms with Crippen LogP contribution >= 0.6 is 0 Å². The minimum atomic E-state index is -3.88. The molecule has 0 saturated heterocycles. The lowest BCUT2D eigenvalue weighted by atomic mass is 9.98. The van der Waals surface area contributed by atoms with Crippen LogP contribution in [0, 0.1) is 6.92 Å². The predicted octanol–water partition coefficient (Wildman–Crippen LogP) is 5.12. The van der Waals surface area contributed by atoms with Crippen molar-refractivity contribution in [2.45, 2.75) is 23.5 Å². The molecule has 1 unspecified atom stereocenters. The summed E-state index contributed by atoms with van der Waals surface area (Å²) in [6.07, 6.45) is 0.114. The predicted molar refractivity (Wildman–Crippen MR) is 121 cm³/mol. The van der Waals surface area contributed by atoms with Gasteiger partial charge in [-0.15, -0.1) is 0 Å². The van der Waals surface area contributed by atoms with Crippen LogP contribution in [0.4, 0.5) is 0 Å². The molecule has 4 aromatic rings. The van der Waals surface area contributed by atoms with Crippen molar-refractivity contribution < 1.29 is 17.9 Å². The van der Waals surface area contributed by atoms with Crippen molar-refractivity contribution in [3.63, 3.8) is 0 Å². The van der Waals surface area contributed by atoms with Crippen molar-refractivity contribution in [3.8, 4) is 16.9 Å². The maximum absolute atomic E-state index is 13.3. The number of hydrogen-bond acceptors (Lipinski definition) is 4. The van der Waals surface area contributed by atoms with Crippen molar-refractivity contribution in [1.82, 2.24) is 0 Å². The van der Waals surface area contributed by atoms with Crippen LogP contribution in [0.15, 0.2) is 89.8 Å². The Morgan fingerprint density at radius 1 is 0.839 bits per heavy atom. The van der Waals surface area contributed by atoms with Gasteiger partial charge < -0.3 is 4.74 Å². The normalized spacial score (nSPS) is 16.0. The Morgan fingerprint density at radius 2 is 1.58 bits per heavy atom. The molecule has 0 radical (unpaired) electrons. The average molecular weight is 429 g/mol. The number of esters is 1. The van der Waals surface area contributed by atoms with E-state index in [-0.39, 0.29) is 11.3 Å². The van der Waals surface area contributed by atoms with Gasteiger partial charge in [0.15, 0.2) is 15.1 Å². The topological polar surface area (TPSA) is 60.4 Å². The summed E-state index contributed by atoms with van der Waals surface area (Å²) in [4.78, 5) is 12.6. The summed E-state index contributed by atoms with van der Waals surface area (Å²) in [7, 11) is -3.88. The van der Waals surface area contributed by atoms with E-state index in [4.69, 9.17) is 4.74 Å². The highest BCUT2D eigenvalue weighted by Crippen LogP contribution is 2.33. The Balaban J connectivity index is 1.51. The molecule has 1 aliphatic rings. The molecule has 0 fully saturated rings. The number of aryl methyl sites for hydroxylation is 1. The van der Waals surface area contributed by atoms with Gasteiger partial charge in [0.05, 0.1) is 4.90 Å². The Bertz CT molecular complexity index is 1440. The molecule has 1 atom stereocenters. The van der Waals surface area contributed by atoms with E-state index in [1.54, 1.807) is 30.3 Å². The highest BCUT2D eigenvalue weighted by molar-refractivity contribution is 7.92. The first-order valence-electron chi connectivity index (χ1n) is 10.1. The molecule has 0 N–H and O–H groups in total. The molecule has 4 nitrogen and oxygen atoms in total. The summed E-state index contributed by atoms with van der Waals surface area (Å²) >= 11 is 0. The van der Waals surface area contributed by atoms with Gasteiger partial charge in [0.25, 0.3) is 0 Å². The zero-order valence-electron chi connectivity index (χ0n) is 16.9. The van der Waals surface area contributed by atoms with Gasteiger partial charge in [-0.05, 0) is 64.2 Å². The number of para-hydroxylation sites is 1. The largest absolute Gasteiger partial charge is 0.425 e. The second-order valence-electron chi connectivity index (χ2n) is 7.81. The quantitative estimate of drug-likeness (QED) is 0.336. The Morgan fingerprint density at radius 3 is 2.39 bits per heavy atom. The molecular formula is C26H20O4S. The third-order valence-corrected chi connectivity index (χ3v) is 7.83. The molecule has 0 aromatic heterocycles. The number of carbonyl (C=O) groups excluding carboxylic acids is 1. The summed E-state index contributed by atoms with van der Waals surface area (Å²) < 4.78 is 31.9. The third kappa shape index (κ3) is 3.41. The van der Waals surface area contributed by atoms with E-state index in [1.165, 1.54) is 0 Å². The molecule has 5 heteroatoms. The maximum atomic E-state index is 13.3. The molecule has 31 heavy (non-hydrogen) atoms. The second-order valence-corrected chi connectivity index (χ2v) is 9.94. The van der Waals surface area contributed by atoms with Crippen molar-refractivity contribution >= 4 is 26.6 Å². The van der Waals surface area contributed by atoms with E-state index in [0.29, 0.717) is 5.75 Å². The van der Waals surface area contributed by atoms with Crippen molar-refractivity contribution in [3.05, 3.63) is 96.1 Å². The number of hydrogen-bond donors (Lipinski definition) is 0. The fourth-order valence-corrected chi connectivity index (χ4v) is 5.75. The molecule has 0 amide bonds. The number of ether oxygens (including phenoxy) is 1. The smallest absolute Gasteiger partial charge is 0.330 e. The highest BCUT2D eigenvalue weighted by Gasteiger charge is 2.39. The summed E-state index contributed by atoms with van der Waals surface area (Å²) in [5, 5.41) is 1.03. The van der Waals surface area contributed by atoms with Crippen molar-refractivity contribution in [2.75, 3.05) is 0 Å². The Hall–Kier alpha value is -3.44. The number of benzene rings is 4. The molecule has 5 rings (SSSR count). The van der Waals surface area contributed by atoms with Crippen LogP contribution < -0.4 is 4.74 Å². The van der Waals surface area contributed by atoms with Gasteiger partial charge >= 0.3 is 5.97 Å². The summed E-state index contributed by atoms with van der Waals surface area (Å²) in [6.45, 7) is 1.89. The summed E-state index contributed by atoms with van der Waals surface area (Å²) in [6, 6.07) is 26.4. The van der Waals surface area contributed by atoms with Gasteiger partial charge in [0, 0.05) is 6.42 Å². The second kappa shape index (κ2) is 7.36. The number of sulfone groups is 1. The molecular weight excluding hydrogens is 408 g/mol. The van der Waals surface area contributed by atoms with Gasteiger partial charge in [-0.3, -0.25) is 4.79 Å². The van der Waals surface area contributed by atoms with Crippen molar-refractivity contribution in [1.29, 1.82) is 0 Å². The summed E-state index contributed by atoms with van der Waals surface area (Å²) in [5.41, 5.74) is 3.54. The van der Waals surface area contributed by atoms with E-state index in [2.05, 4.69) is 24.3 Å². The van der Waals surface area contributed by atoms with E-state index < -0.39 is 21.1 Å². The minimum absolute atomic E-state index is 0.114. The SMILES string of the molecule is Cc1cc(S(=O)(=O)C2Cc3ccccc3OC2=O)ccc1-c1ccc2ccccc2c1. The molecule has 154 valence electrons. The highest BCUT2D eigenvalue weighted by atomic mass is 32.2.